The van der Waals surface area contributed by atoms with E-state index in [1.54, 1.807) is 0 Å². The Hall–Kier alpha value is -2.37. The van der Waals surface area contributed by atoms with E-state index in [4.69, 9.17) is 9.47 Å². The SMILES string of the molecule is CC1CCc2c(sc(NC(=O)CCSCCC(=O)Nc3sc4c(c3C(=O)OC(C)C)CCC(C)C4)c2C(=O)OC(C)C)C1. The van der Waals surface area contributed by atoms with Gasteiger partial charge in [-0.1, -0.05) is 13.8 Å². The number of esters is 2. The Labute approximate surface area is 267 Å². The molecule has 2 N–H and O–H groups in total. The van der Waals surface area contributed by atoms with Crippen molar-refractivity contribution in [3.05, 3.63) is 32.0 Å². The van der Waals surface area contributed by atoms with E-state index in [2.05, 4.69) is 24.5 Å². The molecule has 0 aromatic carbocycles. The molecule has 0 aliphatic heterocycles. The van der Waals surface area contributed by atoms with Gasteiger partial charge in [-0.05, 0) is 89.2 Å². The van der Waals surface area contributed by atoms with Crippen LogP contribution in [0.15, 0.2) is 0 Å². The fraction of sp³-hybridized carbons (Fsp3) is 0.625. The lowest BCUT2D eigenvalue weighted by Crippen LogP contribution is -2.19. The Balaban J connectivity index is 1.28. The maximum atomic E-state index is 12.9. The van der Waals surface area contributed by atoms with Gasteiger partial charge in [-0.25, -0.2) is 9.59 Å². The van der Waals surface area contributed by atoms with Crippen molar-refractivity contribution in [2.45, 2.75) is 105 Å². The number of thiophene rings is 2. The van der Waals surface area contributed by atoms with Gasteiger partial charge in [0.2, 0.25) is 11.8 Å². The van der Waals surface area contributed by atoms with E-state index in [9.17, 15) is 19.2 Å². The summed E-state index contributed by atoms with van der Waals surface area (Å²) in [5.41, 5.74) is 3.07. The Bertz CT molecular complexity index is 1240. The molecule has 0 radical (unpaired) electrons. The Morgan fingerprint density at radius 1 is 0.744 bits per heavy atom. The number of hydrogen-bond donors (Lipinski definition) is 2. The van der Waals surface area contributed by atoms with Crippen LogP contribution in [0.2, 0.25) is 0 Å². The molecule has 0 spiro atoms. The van der Waals surface area contributed by atoms with Gasteiger partial charge in [0.25, 0.3) is 0 Å². The van der Waals surface area contributed by atoms with Gasteiger partial charge >= 0.3 is 11.9 Å². The second-order valence-electron chi connectivity index (χ2n) is 12.2. The molecule has 0 fully saturated rings. The smallest absolute Gasteiger partial charge is 0.341 e. The number of nitrogens with one attached hydrogen (secondary N) is 2. The third-order valence-electron chi connectivity index (χ3n) is 7.57. The minimum absolute atomic E-state index is 0.158. The van der Waals surface area contributed by atoms with Crippen molar-refractivity contribution >= 4 is 68.2 Å². The standard InChI is InChI=1S/C32H44N2O6S3/c1-17(2)39-31(37)27-21-9-7-19(5)15-23(21)42-29(27)33-25(35)11-13-41-14-12-26(36)34-30-28(32(38)40-18(3)4)22-10-8-20(6)16-24(22)43-30/h17-20H,7-16H2,1-6H3,(H,33,35)(H,34,36). The van der Waals surface area contributed by atoms with Crippen molar-refractivity contribution in [2.75, 3.05) is 22.1 Å². The van der Waals surface area contributed by atoms with Crippen LogP contribution in [0.5, 0.6) is 0 Å². The summed E-state index contributed by atoms with van der Waals surface area (Å²) in [6.45, 7) is 11.7. The van der Waals surface area contributed by atoms with Crippen LogP contribution in [-0.2, 0) is 44.7 Å². The lowest BCUT2D eigenvalue weighted by molar-refractivity contribution is -0.116. The number of anilines is 2. The topological polar surface area (TPSA) is 111 Å². The zero-order valence-electron chi connectivity index (χ0n) is 26.1. The highest BCUT2D eigenvalue weighted by molar-refractivity contribution is 7.99. The van der Waals surface area contributed by atoms with Crippen molar-refractivity contribution < 1.29 is 28.7 Å². The summed E-state index contributed by atoms with van der Waals surface area (Å²) in [5.74, 6) is 1.12. The first-order valence-electron chi connectivity index (χ1n) is 15.3. The predicted octanol–water partition coefficient (Wildman–Crippen LogP) is 7.28. The van der Waals surface area contributed by atoms with E-state index in [1.165, 1.54) is 34.4 Å². The molecule has 2 aromatic heterocycles. The van der Waals surface area contributed by atoms with E-state index in [0.717, 1.165) is 59.4 Å². The number of ether oxygens (including phenoxy) is 2. The van der Waals surface area contributed by atoms with Crippen LogP contribution >= 0.6 is 34.4 Å². The number of amides is 2. The molecule has 2 heterocycles. The molecule has 4 rings (SSSR count). The molecule has 2 unspecified atom stereocenters. The van der Waals surface area contributed by atoms with Crippen LogP contribution in [-0.4, -0.2) is 47.5 Å². The molecule has 2 atom stereocenters. The van der Waals surface area contributed by atoms with E-state index >= 15 is 0 Å². The number of carbonyl (C=O) groups is 4. The summed E-state index contributed by atoms with van der Waals surface area (Å²) in [7, 11) is 0. The molecular weight excluding hydrogens is 605 g/mol. The number of hydrogen-bond acceptors (Lipinski definition) is 9. The first-order valence-corrected chi connectivity index (χ1v) is 18.1. The number of thioether (sulfide) groups is 1. The van der Waals surface area contributed by atoms with Crippen molar-refractivity contribution in [3.8, 4) is 0 Å². The fourth-order valence-corrected chi connectivity index (χ4v) is 9.16. The van der Waals surface area contributed by atoms with Gasteiger partial charge in [0.15, 0.2) is 0 Å². The first-order chi connectivity index (χ1) is 20.4. The number of rotatable bonds is 12. The average Bonchev–Trinajstić information content (AvgIpc) is 3.43. The van der Waals surface area contributed by atoms with Gasteiger partial charge in [0.05, 0.1) is 23.3 Å². The van der Waals surface area contributed by atoms with Crippen LogP contribution in [0.1, 0.15) is 109 Å². The highest BCUT2D eigenvalue weighted by Crippen LogP contribution is 2.41. The maximum absolute atomic E-state index is 12.9. The normalized spacial score (nSPS) is 17.8. The summed E-state index contributed by atoms with van der Waals surface area (Å²) < 4.78 is 11.0. The summed E-state index contributed by atoms with van der Waals surface area (Å²) in [4.78, 5) is 53.8. The zero-order chi connectivity index (χ0) is 31.3. The average molecular weight is 649 g/mol. The Kier molecular flexibility index (Phi) is 11.8. The molecule has 2 amide bonds. The van der Waals surface area contributed by atoms with Crippen molar-refractivity contribution in [2.24, 2.45) is 11.8 Å². The third-order valence-corrected chi connectivity index (χ3v) is 10.9. The van der Waals surface area contributed by atoms with Crippen LogP contribution in [0.4, 0.5) is 10.0 Å². The maximum Gasteiger partial charge on any atom is 0.341 e. The molecule has 11 heteroatoms. The number of carbonyl (C=O) groups excluding carboxylic acids is 4. The minimum atomic E-state index is -0.375. The third kappa shape index (κ3) is 8.85. The number of fused-ring (bicyclic) bond motifs is 2. The quantitative estimate of drug-likeness (QED) is 0.184. The molecule has 2 aliphatic rings. The summed E-state index contributed by atoms with van der Waals surface area (Å²) >= 11 is 4.51. The van der Waals surface area contributed by atoms with Gasteiger partial charge in [-0.15, -0.1) is 22.7 Å². The van der Waals surface area contributed by atoms with E-state index in [-0.39, 0.29) is 48.8 Å². The van der Waals surface area contributed by atoms with Crippen molar-refractivity contribution in [1.82, 2.24) is 0 Å². The largest absolute Gasteiger partial charge is 0.459 e. The second kappa shape index (κ2) is 15.1. The van der Waals surface area contributed by atoms with Crippen molar-refractivity contribution in [1.29, 1.82) is 0 Å². The molecule has 43 heavy (non-hydrogen) atoms. The zero-order valence-corrected chi connectivity index (χ0v) is 28.5. The van der Waals surface area contributed by atoms with E-state index < -0.39 is 0 Å². The minimum Gasteiger partial charge on any atom is -0.459 e. The molecule has 0 saturated heterocycles. The molecule has 2 aliphatic carbocycles. The Morgan fingerprint density at radius 2 is 1.14 bits per heavy atom. The summed E-state index contributed by atoms with van der Waals surface area (Å²) in [6.07, 6.45) is 5.53. The van der Waals surface area contributed by atoms with Gasteiger partial charge < -0.3 is 20.1 Å². The van der Waals surface area contributed by atoms with Gasteiger partial charge in [0, 0.05) is 34.1 Å². The van der Waals surface area contributed by atoms with E-state index in [1.807, 2.05) is 27.7 Å². The lowest BCUT2D eigenvalue weighted by Gasteiger charge is -2.19. The monoisotopic (exact) mass is 648 g/mol. The van der Waals surface area contributed by atoms with E-state index in [0.29, 0.717) is 44.5 Å². The van der Waals surface area contributed by atoms with Crippen LogP contribution in [0.3, 0.4) is 0 Å². The van der Waals surface area contributed by atoms with Gasteiger partial charge in [-0.2, -0.15) is 11.8 Å². The molecule has 8 nitrogen and oxygen atoms in total. The second-order valence-corrected chi connectivity index (χ2v) is 15.7. The van der Waals surface area contributed by atoms with Crippen LogP contribution in [0.25, 0.3) is 0 Å². The highest BCUT2D eigenvalue weighted by Gasteiger charge is 2.31. The Morgan fingerprint density at radius 3 is 1.51 bits per heavy atom. The van der Waals surface area contributed by atoms with Crippen LogP contribution < -0.4 is 10.6 Å². The first kappa shape index (κ1) is 33.5. The van der Waals surface area contributed by atoms with Gasteiger partial charge in [-0.3, -0.25) is 9.59 Å². The van der Waals surface area contributed by atoms with Gasteiger partial charge in [0.1, 0.15) is 10.0 Å². The van der Waals surface area contributed by atoms with Crippen molar-refractivity contribution in [3.63, 3.8) is 0 Å². The molecule has 2 aromatic rings. The molecular formula is C32H44N2O6S3. The predicted molar refractivity (Wildman–Crippen MR) is 176 cm³/mol. The summed E-state index contributed by atoms with van der Waals surface area (Å²) in [6, 6.07) is 0. The molecule has 0 saturated carbocycles. The van der Waals surface area contributed by atoms with Crippen LogP contribution in [0, 0.1) is 11.8 Å². The summed E-state index contributed by atoms with van der Waals surface area (Å²) in [5, 5.41) is 7.10. The lowest BCUT2D eigenvalue weighted by atomic mass is 9.88. The molecule has 236 valence electrons. The molecule has 0 bridgehead atoms. The fourth-order valence-electron chi connectivity index (χ4n) is 5.47. The highest BCUT2D eigenvalue weighted by atomic mass is 32.2.